The third-order valence-electron chi connectivity index (χ3n) is 2.77. The quantitative estimate of drug-likeness (QED) is 0.810. The lowest BCUT2D eigenvalue weighted by atomic mass is 9.94. The van der Waals surface area contributed by atoms with Crippen molar-refractivity contribution in [3.05, 3.63) is 34.9 Å². The topological polar surface area (TPSA) is 49.3 Å². The van der Waals surface area contributed by atoms with Crippen molar-refractivity contribution in [3.8, 4) is 0 Å². The maximum absolute atomic E-state index is 11.0. The normalized spacial score (nSPS) is 25.4. The van der Waals surface area contributed by atoms with Crippen LogP contribution in [0.3, 0.4) is 0 Å². The van der Waals surface area contributed by atoms with E-state index in [0.29, 0.717) is 11.4 Å². The Balaban J connectivity index is 2.22. The van der Waals surface area contributed by atoms with Gasteiger partial charge in [-0.25, -0.2) is 0 Å². The second kappa shape index (κ2) is 4.21. The summed E-state index contributed by atoms with van der Waals surface area (Å²) in [6.45, 7) is 0.754. The van der Waals surface area contributed by atoms with E-state index in [1.54, 1.807) is 12.1 Å². The molecule has 1 fully saturated rings. The first-order valence-electron chi connectivity index (χ1n) is 4.90. The maximum Gasteiger partial charge on any atom is 0.308 e. The smallest absolute Gasteiger partial charge is 0.308 e. The van der Waals surface area contributed by atoms with Crippen LogP contribution < -0.4 is 5.32 Å². The van der Waals surface area contributed by atoms with Crippen molar-refractivity contribution in [1.82, 2.24) is 5.32 Å². The third-order valence-corrected chi connectivity index (χ3v) is 3.02. The highest BCUT2D eigenvalue weighted by Crippen LogP contribution is 2.30. The van der Waals surface area contributed by atoms with Crippen LogP contribution >= 0.6 is 11.6 Å². The summed E-state index contributed by atoms with van der Waals surface area (Å²) >= 11 is 5.78. The largest absolute Gasteiger partial charge is 0.481 e. The van der Waals surface area contributed by atoms with Crippen LogP contribution in [0.4, 0.5) is 0 Å². The molecule has 15 heavy (non-hydrogen) atoms. The van der Waals surface area contributed by atoms with Gasteiger partial charge in [-0.2, -0.15) is 0 Å². The van der Waals surface area contributed by atoms with Crippen LogP contribution in [-0.4, -0.2) is 17.6 Å². The number of nitrogens with one attached hydrogen (secondary N) is 1. The fourth-order valence-electron chi connectivity index (χ4n) is 1.99. The van der Waals surface area contributed by atoms with E-state index in [2.05, 4.69) is 5.32 Å². The number of hydrogen-bond acceptors (Lipinski definition) is 2. The van der Waals surface area contributed by atoms with E-state index in [9.17, 15) is 4.79 Å². The molecule has 1 aliphatic rings. The second-order valence-electron chi connectivity index (χ2n) is 3.72. The van der Waals surface area contributed by atoms with Gasteiger partial charge in [0.05, 0.1) is 5.92 Å². The molecule has 4 heteroatoms. The van der Waals surface area contributed by atoms with Crippen LogP contribution in [0.1, 0.15) is 18.0 Å². The highest BCUT2D eigenvalue weighted by molar-refractivity contribution is 6.30. The lowest BCUT2D eigenvalue weighted by Gasteiger charge is -2.16. The Kier molecular flexibility index (Phi) is 2.93. The van der Waals surface area contributed by atoms with Crippen LogP contribution in [0.5, 0.6) is 0 Å². The lowest BCUT2D eigenvalue weighted by Crippen LogP contribution is -2.23. The Morgan fingerprint density at radius 1 is 1.40 bits per heavy atom. The van der Waals surface area contributed by atoms with Gasteiger partial charge in [0.2, 0.25) is 0 Å². The van der Waals surface area contributed by atoms with Crippen LogP contribution in [-0.2, 0) is 4.79 Å². The molecule has 2 rings (SSSR count). The summed E-state index contributed by atoms with van der Waals surface area (Å²) in [5, 5.41) is 12.9. The van der Waals surface area contributed by atoms with Gasteiger partial charge in [-0.1, -0.05) is 23.7 Å². The molecule has 1 heterocycles. The Bertz CT molecular complexity index is 363. The molecule has 0 radical (unpaired) electrons. The van der Waals surface area contributed by atoms with Gasteiger partial charge in [-0.05, 0) is 30.7 Å². The number of halogens is 1. The van der Waals surface area contributed by atoms with Gasteiger partial charge in [0.15, 0.2) is 0 Å². The van der Waals surface area contributed by atoms with Crippen LogP contribution in [0.2, 0.25) is 5.02 Å². The minimum atomic E-state index is -0.736. The monoisotopic (exact) mass is 225 g/mol. The minimum absolute atomic E-state index is 0.0835. The van der Waals surface area contributed by atoms with Gasteiger partial charge in [0.1, 0.15) is 0 Å². The first kappa shape index (κ1) is 10.5. The summed E-state index contributed by atoms with van der Waals surface area (Å²) in [5.74, 6) is -1.06. The Labute approximate surface area is 93.1 Å². The van der Waals surface area contributed by atoms with E-state index in [0.717, 1.165) is 12.1 Å². The number of carboxylic acids is 1. The number of rotatable bonds is 2. The van der Waals surface area contributed by atoms with E-state index in [-0.39, 0.29) is 12.0 Å². The van der Waals surface area contributed by atoms with Crippen molar-refractivity contribution in [1.29, 1.82) is 0 Å². The first-order chi connectivity index (χ1) is 7.18. The van der Waals surface area contributed by atoms with Crippen LogP contribution in [0, 0.1) is 5.92 Å². The van der Waals surface area contributed by atoms with Crippen molar-refractivity contribution in [2.45, 2.75) is 12.5 Å². The number of hydrogen-bond donors (Lipinski definition) is 2. The summed E-state index contributed by atoms with van der Waals surface area (Å²) in [7, 11) is 0. The summed E-state index contributed by atoms with van der Waals surface area (Å²) in [4.78, 5) is 11.0. The molecule has 3 nitrogen and oxygen atoms in total. The van der Waals surface area contributed by atoms with Gasteiger partial charge in [0, 0.05) is 11.1 Å². The zero-order valence-corrected chi connectivity index (χ0v) is 8.87. The molecule has 0 spiro atoms. The maximum atomic E-state index is 11.0. The summed E-state index contributed by atoms with van der Waals surface area (Å²) in [5.41, 5.74) is 0.990. The molecule has 0 aromatic heterocycles. The molecule has 80 valence electrons. The Hall–Kier alpha value is -1.06. The van der Waals surface area contributed by atoms with Gasteiger partial charge in [-0.15, -0.1) is 0 Å². The highest BCUT2D eigenvalue weighted by atomic mass is 35.5. The van der Waals surface area contributed by atoms with Gasteiger partial charge >= 0.3 is 5.97 Å². The fourth-order valence-corrected chi connectivity index (χ4v) is 2.12. The van der Waals surface area contributed by atoms with Crippen molar-refractivity contribution in [2.24, 2.45) is 5.92 Å². The average Bonchev–Trinajstić information content (AvgIpc) is 2.67. The molecular formula is C11H12ClNO2. The molecular weight excluding hydrogens is 214 g/mol. The summed E-state index contributed by atoms with van der Waals surface area (Å²) in [6.07, 6.45) is 0.683. The van der Waals surface area contributed by atoms with E-state index in [1.165, 1.54) is 0 Å². The number of carbonyl (C=O) groups is 1. The van der Waals surface area contributed by atoms with E-state index >= 15 is 0 Å². The molecule has 1 aromatic rings. The molecule has 0 bridgehead atoms. The van der Waals surface area contributed by atoms with Gasteiger partial charge in [-0.3, -0.25) is 4.79 Å². The average molecular weight is 226 g/mol. The lowest BCUT2D eigenvalue weighted by molar-refractivity contribution is -0.142. The molecule has 0 aliphatic carbocycles. The fraction of sp³-hybridized carbons (Fsp3) is 0.364. The minimum Gasteiger partial charge on any atom is -0.481 e. The van der Waals surface area contributed by atoms with Crippen molar-refractivity contribution < 1.29 is 9.90 Å². The Morgan fingerprint density at radius 2 is 2.07 bits per heavy atom. The van der Waals surface area contributed by atoms with Crippen LogP contribution in [0.15, 0.2) is 24.3 Å². The molecule has 0 amide bonds. The number of aliphatic carboxylic acids is 1. The van der Waals surface area contributed by atoms with Gasteiger partial charge < -0.3 is 10.4 Å². The van der Waals surface area contributed by atoms with E-state index in [4.69, 9.17) is 16.7 Å². The van der Waals surface area contributed by atoms with Crippen molar-refractivity contribution >= 4 is 17.6 Å². The SMILES string of the molecule is O=C(O)[C@@H]1CCN[C@H]1c1ccc(Cl)cc1. The second-order valence-corrected chi connectivity index (χ2v) is 4.15. The van der Waals surface area contributed by atoms with Crippen molar-refractivity contribution in [3.63, 3.8) is 0 Å². The number of carboxylic acid groups (broad SMARTS) is 1. The van der Waals surface area contributed by atoms with Crippen LogP contribution in [0.25, 0.3) is 0 Å². The Morgan fingerprint density at radius 3 is 2.67 bits per heavy atom. The third kappa shape index (κ3) is 2.13. The van der Waals surface area contributed by atoms with E-state index < -0.39 is 5.97 Å². The molecule has 1 aromatic carbocycles. The summed E-state index contributed by atoms with van der Waals surface area (Å²) < 4.78 is 0. The predicted molar refractivity (Wildman–Crippen MR) is 57.9 cm³/mol. The molecule has 2 atom stereocenters. The zero-order valence-electron chi connectivity index (χ0n) is 8.11. The molecule has 1 aliphatic heterocycles. The summed E-state index contributed by atoms with van der Waals surface area (Å²) in [6, 6.07) is 7.24. The van der Waals surface area contributed by atoms with Crippen molar-refractivity contribution in [2.75, 3.05) is 6.54 Å². The molecule has 0 unspecified atom stereocenters. The molecule has 2 N–H and O–H groups in total. The highest BCUT2D eigenvalue weighted by Gasteiger charge is 2.33. The van der Waals surface area contributed by atoms with Gasteiger partial charge in [0.25, 0.3) is 0 Å². The standard InChI is InChI=1S/C11H12ClNO2/c12-8-3-1-7(2-4-8)10-9(11(14)15)5-6-13-10/h1-4,9-10,13H,5-6H2,(H,14,15)/t9-,10+/m1/s1. The number of benzene rings is 1. The zero-order chi connectivity index (χ0) is 10.8. The first-order valence-corrected chi connectivity index (χ1v) is 5.28. The predicted octanol–water partition coefficient (Wildman–Crippen LogP) is 2.08. The molecule has 0 saturated carbocycles. The molecule has 1 saturated heterocycles. The van der Waals surface area contributed by atoms with E-state index in [1.807, 2.05) is 12.1 Å².